The smallest absolute Gasteiger partial charge is 0.0980 e. The molecule has 2 heteroatoms. The maximum absolute atomic E-state index is 2.27. The summed E-state index contributed by atoms with van der Waals surface area (Å²) in [6, 6.07) is 20.9. The van der Waals surface area contributed by atoms with Crippen LogP contribution in [0.3, 0.4) is 0 Å². The van der Waals surface area contributed by atoms with E-state index < -0.39 is 0 Å². The van der Waals surface area contributed by atoms with Crippen molar-refractivity contribution in [2.24, 2.45) is 0 Å². The lowest BCUT2D eigenvalue weighted by Gasteiger charge is -2.35. The first-order valence-electron chi connectivity index (χ1n) is 6.26. The zero-order chi connectivity index (χ0) is 13.0. The molecule has 0 radical (unpaired) electrons. The van der Waals surface area contributed by atoms with Gasteiger partial charge < -0.3 is 9.80 Å². The fraction of sp³-hybridized carbons (Fsp3) is 0.250. The van der Waals surface area contributed by atoms with Crippen LogP contribution in [0.2, 0.25) is 0 Å². The predicted molar refractivity (Wildman–Crippen MR) is 79.2 cm³/mol. The van der Waals surface area contributed by atoms with Gasteiger partial charge in [0.15, 0.2) is 0 Å². The molecule has 0 heterocycles. The summed E-state index contributed by atoms with van der Waals surface area (Å²) in [5.41, 5.74) is 2.46. The van der Waals surface area contributed by atoms with E-state index in [1.165, 1.54) is 11.4 Å². The summed E-state index contributed by atoms with van der Waals surface area (Å²) in [5.74, 6) is 0. The Bertz CT molecular complexity index is 421. The highest BCUT2D eigenvalue weighted by molar-refractivity contribution is 5.52. The lowest BCUT2D eigenvalue weighted by molar-refractivity contribution is 0.670. The summed E-state index contributed by atoms with van der Waals surface area (Å²) in [6.45, 7) is 2.21. The van der Waals surface area contributed by atoms with Crippen LogP contribution in [0.1, 0.15) is 6.92 Å². The standard InChI is InChI=1S/C16H20N2/c1-14(17(2)15-10-6-4-7-11-15)18(3)16-12-8-5-9-13-16/h4-14H,1-3H3. The van der Waals surface area contributed by atoms with Crippen LogP contribution in [0.15, 0.2) is 60.7 Å². The predicted octanol–water partition coefficient (Wildman–Crippen LogP) is 3.61. The average Bonchev–Trinajstić information content (AvgIpc) is 2.47. The highest BCUT2D eigenvalue weighted by atomic mass is 15.3. The van der Waals surface area contributed by atoms with E-state index in [2.05, 4.69) is 79.3 Å². The van der Waals surface area contributed by atoms with E-state index in [4.69, 9.17) is 0 Å². The van der Waals surface area contributed by atoms with Crippen molar-refractivity contribution in [3.8, 4) is 0 Å². The second-order valence-electron chi connectivity index (χ2n) is 4.52. The van der Waals surface area contributed by atoms with Gasteiger partial charge in [-0.1, -0.05) is 36.4 Å². The largest absolute Gasteiger partial charge is 0.355 e. The van der Waals surface area contributed by atoms with Gasteiger partial charge in [-0.3, -0.25) is 0 Å². The van der Waals surface area contributed by atoms with E-state index >= 15 is 0 Å². The molecular weight excluding hydrogens is 220 g/mol. The third-order valence-electron chi connectivity index (χ3n) is 3.45. The minimum atomic E-state index is 0.301. The molecule has 18 heavy (non-hydrogen) atoms. The Morgan fingerprint density at radius 3 is 1.33 bits per heavy atom. The van der Waals surface area contributed by atoms with Crippen LogP contribution >= 0.6 is 0 Å². The SMILES string of the molecule is CC(N(C)c1ccccc1)N(C)c1ccccc1. The van der Waals surface area contributed by atoms with Crippen LogP contribution in [0.4, 0.5) is 11.4 Å². The van der Waals surface area contributed by atoms with E-state index in [9.17, 15) is 0 Å². The molecule has 0 spiro atoms. The minimum Gasteiger partial charge on any atom is -0.355 e. The van der Waals surface area contributed by atoms with Gasteiger partial charge in [-0.25, -0.2) is 0 Å². The number of hydrogen-bond acceptors (Lipinski definition) is 2. The van der Waals surface area contributed by atoms with E-state index in [0.29, 0.717) is 6.17 Å². The van der Waals surface area contributed by atoms with Crippen molar-refractivity contribution in [2.75, 3.05) is 23.9 Å². The molecule has 94 valence electrons. The van der Waals surface area contributed by atoms with Crippen LogP contribution in [0, 0.1) is 0 Å². The molecule has 2 nitrogen and oxygen atoms in total. The molecule has 0 aliphatic rings. The van der Waals surface area contributed by atoms with E-state index in [1.807, 2.05) is 12.1 Å². The fourth-order valence-electron chi connectivity index (χ4n) is 2.02. The summed E-state index contributed by atoms with van der Waals surface area (Å²) in [5, 5.41) is 0. The van der Waals surface area contributed by atoms with Crippen LogP contribution < -0.4 is 9.80 Å². The van der Waals surface area contributed by atoms with Gasteiger partial charge >= 0.3 is 0 Å². The Hall–Kier alpha value is -1.96. The highest BCUT2D eigenvalue weighted by Gasteiger charge is 2.14. The first-order chi connectivity index (χ1) is 8.70. The second-order valence-corrected chi connectivity index (χ2v) is 4.52. The summed E-state index contributed by atoms with van der Waals surface area (Å²) in [6.07, 6.45) is 0.301. The molecule has 0 N–H and O–H groups in total. The molecule has 0 aliphatic heterocycles. The lowest BCUT2D eigenvalue weighted by atomic mass is 10.2. The van der Waals surface area contributed by atoms with Crippen molar-refractivity contribution in [3.05, 3.63) is 60.7 Å². The zero-order valence-electron chi connectivity index (χ0n) is 11.2. The van der Waals surface area contributed by atoms with E-state index in [-0.39, 0.29) is 0 Å². The molecule has 2 aromatic carbocycles. The van der Waals surface area contributed by atoms with Crippen molar-refractivity contribution >= 4 is 11.4 Å². The quantitative estimate of drug-likeness (QED) is 0.753. The molecule has 0 aliphatic carbocycles. The summed E-state index contributed by atoms with van der Waals surface area (Å²) >= 11 is 0. The molecule has 0 fully saturated rings. The van der Waals surface area contributed by atoms with Gasteiger partial charge in [0.1, 0.15) is 0 Å². The minimum absolute atomic E-state index is 0.301. The van der Waals surface area contributed by atoms with Crippen molar-refractivity contribution in [3.63, 3.8) is 0 Å². The molecule has 0 unspecified atom stereocenters. The van der Waals surface area contributed by atoms with Gasteiger partial charge in [-0.15, -0.1) is 0 Å². The number of nitrogens with zero attached hydrogens (tertiary/aromatic N) is 2. The normalized spacial score (nSPS) is 10.4. The number of anilines is 2. The van der Waals surface area contributed by atoms with Crippen molar-refractivity contribution in [1.82, 2.24) is 0 Å². The third-order valence-corrected chi connectivity index (χ3v) is 3.45. The van der Waals surface area contributed by atoms with Crippen LogP contribution in [-0.2, 0) is 0 Å². The highest BCUT2D eigenvalue weighted by Crippen LogP contribution is 2.20. The lowest BCUT2D eigenvalue weighted by Crippen LogP contribution is -2.42. The molecular formula is C16H20N2. The third kappa shape index (κ3) is 2.65. The van der Waals surface area contributed by atoms with Gasteiger partial charge in [-0.05, 0) is 31.2 Å². The Balaban J connectivity index is 2.14. The number of hydrogen-bond donors (Lipinski definition) is 0. The Labute approximate surface area is 109 Å². The summed E-state index contributed by atoms with van der Waals surface area (Å²) < 4.78 is 0. The average molecular weight is 240 g/mol. The van der Waals surface area contributed by atoms with Crippen molar-refractivity contribution in [2.45, 2.75) is 13.1 Å². The zero-order valence-corrected chi connectivity index (χ0v) is 11.2. The number of para-hydroxylation sites is 2. The first kappa shape index (κ1) is 12.5. The van der Waals surface area contributed by atoms with E-state index in [0.717, 1.165) is 0 Å². The van der Waals surface area contributed by atoms with Gasteiger partial charge in [0.2, 0.25) is 0 Å². The molecule has 0 bridgehead atoms. The van der Waals surface area contributed by atoms with Crippen molar-refractivity contribution < 1.29 is 0 Å². The maximum atomic E-state index is 2.27. The second kappa shape index (κ2) is 5.58. The summed E-state index contributed by atoms with van der Waals surface area (Å²) in [7, 11) is 4.25. The molecule has 0 aromatic heterocycles. The topological polar surface area (TPSA) is 6.48 Å². The molecule has 2 rings (SSSR count). The van der Waals surface area contributed by atoms with Gasteiger partial charge in [0.05, 0.1) is 6.17 Å². The molecule has 0 saturated carbocycles. The van der Waals surface area contributed by atoms with Crippen molar-refractivity contribution in [1.29, 1.82) is 0 Å². The monoisotopic (exact) mass is 240 g/mol. The first-order valence-corrected chi connectivity index (χ1v) is 6.26. The Morgan fingerprint density at radius 1 is 0.667 bits per heavy atom. The van der Waals surface area contributed by atoms with Gasteiger partial charge in [0.25, 0.3) is 0 Å². The molecule has 2 aromatic rings. The molecule has 0 amide bonds. The fourth-order valence-corrected chi connectivity index (χ4v) is 2.02. The number of rotatable bonds is 4. The Morgan fingerprint density at radius 2 is 1.00 bits per heavy atom. The van der Waals surface area contributed by atoms with Crippen LogP contribution in [0.5, 0.6) is 0 Å². The molecule has 0 saturated heterocycles. The van der Waals surface area contributed by atoms with E-state index in [1.54, 1.807) is 0 Å². The Kier molecular flexibility index (Phi) is 3.88. The summed E-state index contributed by atoms with van der Waals surface area (Å²) in [4.78, 5) is 4.54. The molecule has 0 atom stereocenters. The van der Waals surface area contributed by atoms with Crippen LogP contribution in [0.25, 0.3) is 0 Å². The van der Waals surface area contributed by atoms with Gasteiger partial charge in [-0.2, -0.15) is 0 Å². The van der Waals surface area contributed by atoms with Crippen LogP contribution in [-0.4, -0.2) is 20.3 Å². The maximum Gasteiger partial charge on any atom is 0.0980 e. The van der Waals surface area contributed by atoms with Gasteiger partial charge in [0, 0.05) is 25.5 Å². The number of benzene rings is 2.